The van der Waals surface area contributed by atoms with Crippen LogP contribution in [0.2, 0.25) is 0 Å². The molecule has 0 N–H and O–H groups in total. The van der Waals surface area contributed by atoms with Crippen molar-refractivity contribution >= 4 is 0 Å². The highest BCUT2D eigenvalue weighted by molar-refractivity contribution is 5.43. The van der Waals surface area contributed by atoms with E-state index in [4.69, 9.17) is 47.4 Å². The maximum atomic E-state index is 5.97. The molecule has 0 atom stereocenters. The maximum absolute atomic E-state index is 5.97. The van der Waals surface area contributed by atoms with Crippen LogP contribution in [0, 0.1) is 0 Å². The van der Waals surface area contributed by atoms with E-state index < -0.39 is 0 Å². The molecule has 10 nitrogen and oxygen atoms in total. The highest BCUT2D eigenvalue weighted by Gasteiger charge is 2.10. The van der Waals surface area contributed by atoms with Gasteiger partial charge in [0.2, 0.25) is 0 Å². The molecule has 1 aliphatic heterocycles. The van der Waals surface area contributed by atoms with Crippen LogP contribution in [0.25, 0.3) is 0 Å². The van der Waals surface area contributed by atoms with Gasteiger partial charge in [-0.1, -0.05) is 24.3 Å². The van der Waals surface area contributed by atoms with Crippen LogP contribution in [0.5, 0.6) is 23.0 Å². The summed E-state index contributed by atoms with van der Waals surface area (Å²) in [4.78, 5) is 0. The van der Waals surface area contributed by atoms with Crippen molar-refractivity contribution in [3.8, 4) is 23.0 Å². The van der Waals surface area contributed by atoms with E-state index in [2.05, 4.69) is 13.2 Å². The molecule has 2 aromatic rings. The Hall–Kier alpha value is -3.12. The predicted octanol–water partition coefficient (Wildman–Crippen LogP) is 4.39. The lowest BCUT2D eigenvalue weighted by Crippen LogP contribution is -2.15. The molecule has 0 radical (unpaired) electrons. The van der Waals surface area contributed by atoms with E-state index in [0.29, 0.717) is 129 Å². The number of ether oxygens (including phenoxy) is 10. The summed E-state index contributed by atoms with van der Waals surface area (Å²) < 4.78 is 57.6. The fourth-order valence-electron chi connectivity index (χ4n) is 3.75. The van der Waals surface area contributed by atoms with Gasteiger partial charge in [0.25, 0.3) is 0 Å². The van der Waals surface area contributed by atoms with Gasteiger partial charge in [-0.05, 0) is 35.4 Å². The first-order valence-electron chi connectivity index (χ1n) is 14.3. The normalized spacial score (nSPS) is 16.6. The van der Waals surface area contributed by atoms with Gasteiger partial charge in [0, 0.05) is 0 Å². The first kappa shape index (κ1) is 33.4. The Morgan fingerprint density at radius 3 is 1.17 bits per heavy atom. The van der Waals surface area contributed by atoms with Gasteiger partial charge in [0.15, 0.2) is 23.0 Å². The second-order valence-corrected chi connectivity index (χ2v) is 9.01. The molecule has 232 valence electrons. The second-order valence-electron chi connectivity index (χ2n) is 9.01. The smallest absolute Gasteiger partial charge is 0.161 e. The Morgan fingerprint density at radius 2 is 0.810 bits per heavy atom. The average molecular weight is 589 g/mol. The summed E-state index contributed by atoms with van der Waals surface area (Å²) in [6, 6.07) is 11.5. The number of rotatable bonds is 8. The standard InChI is InChI=1S/C32H44O10/c1-3-9-37-25-27-5-7-29-31(23-27)41-21-17-35-13-14-36-18-22-42-32-24-28(26-38-10-4-2)6-8-30(32)40-20-16-34-12-11-33-15-19-39-29/h3-8,23-24H,1-2,9-22,25-26H2. The zero-order valence-corrected chi connectivity index (χ0v) is 24.4. The quantitative estimate of drug-likeness (QED) is 0.327. The Morgan fingerprint density at radius 1 is 0.476 bits per heavy atom. The van der Waals surface area contributed by atoms with Gasteiger partial charge in [0.1, 0.15) is 26.4 Å². The van der Waals surface area contributed by atoms with Crippen molar-refractivity contribution < 1.29 is 47.4 Å². The van der Waals surface area contributed by atoms with Gasteiger partial charge in [-0.25, -0.2) is 0 Å². The lowest BCUT2D eigenvalue weighted by Gasteiger charge is -2.16. The third-order valence-electron chi connectivity index (χ3n) is 5.71. The fraction of sp³-hybridized carbons (Fsp3) is 0.500. The molecule has 0 fully saturated rings. The van der Waals surface area contributed by atoms with E-state index in [-0.39, 0.29) is 0 Å². The van der Waals surface area contributed by atoms with Crippen molar-refractivity contribution in [2.45, 2.75) is 13.2 Å². The van der Waals surface area contributed by atoms with Gasteiger partial charge in [-0.15, -0.1) is 13.2 Å². The first-order valence-corrected chi connectivity index (χ1v) is 14.3. The molecule has 0 saturated heterocycles. The van der Waals surface area contributed by atoms with Crippen molar-refractivity contribution in [2.75, 3.05) is 92.5 Å². The van der Waals surface area contributed by atoms with Crippen LogP contribution >= 0.6 is 0 Å². The molecule has 0 unspecified atom stereocenters. The van der Waals surface area contributed by atoms with Crippen LogP contribution < -0.4 is 18.9 Å². The third-order valence-corrected chi connectivity index (χ3v) is 5.71. The van der Waals surface area contributed by atoms with E-state index in [9.17, 15) is 0 Å². The van der Waals surface area contributed by atoms with E-state index in [1.165, 1.54) is 0 Å². The van der Waals surface area contributed by atoms with Crippen LogP contribution in [0.4, 0.5) is 0 Å². The van der Waals surface area contributed by atoms with Gasteiger partial charge in [0.05, 0.1) is 79.3 Å². The maximum Gasteiger partial charge on any atom is 0.161 e. The summed E-state index contributed by atoms with van der Waals surface area (Å²) in [6.45, 7) is 14.1. The molecule has 1 heterocycles. The number of hydrogen-bond acceptors (Lipinski definition) is 10. The summed E-state index contributed by atoms with van der Waals surface area (Å²) in [6.07, 6.45) is 3.43. The van der Waals surface area contributed by atoms with Crippen molar-refractivity contribution in [1.82, 2.24) is 0 Å². The predicted molar refractivity (Wildman–Crippen MR) is 158 cm³/mol. The van der Waals surface area contributed by atoms with E-state index >= 15 is 0 Å². The van der Waals surface area contributed by atoms with Crippen LogP contribution in [0.1, 0.15) is 11.1 Å². The molecule has 1 aliphatic rings. The summed E-state index contributed by atoms with van der Waals surface area (Å²) in [5.74, 6) is 2.52. The lowest BCUT2D eigenvalue weighted by atomic mass is 10.2. The van der Waals surface area contributed by atoms with Crippen LogP contribution in [0.15, 0.2) is 61.7 Å². The molecule has 2 aromatic carbocycles. The number of fused-ring (bicyclic) bond motifs is 2. The first-order chi connectivity index (χ1) is 20.8. The highest BCUT2D eigenvalue weighted by Crippen LogP contribution is 2.30. The molecule has 0 spiro atoms. The largest absolute Gasteiger partial charge is 0.487 e. The Labute approximate surface area is 249 Å². The molecule has 0 saturated carbocycles. The highest BCUT2D eigenvalue weighted by atomic mass is 16.6. The minimum absolute atomic E-state index is 0.361. The van der Waals surface area contributed by atoms with E-state index in [1.807, 2.05) is 36.4 Å². The average Bonchev–Trinajstić information content (AvgIpc) is 3.00. The topological polar surface area (TPSA) is 92.3 Å². The molecule has 0 bridgehead atoms. The third kappa shape index (κ3) is 13.7. The molecule has 0 amide bonds. The van der Waals surface area contributed by atoms with Crippen molar-refractivity contribution in [3.63, 3.8) is 0 Å². The van der Waals surface area contributed by atoms with Crippen LogP contribution in [-0.4, -0.2) is 92.5 Å². The molecular weight excluding hydrogens is 544 g/mol. The monoisotopic (exact) mass is 588 g/mol. The number of hydrogen-bond donors (Lipinski definition) is 0. The Balaban J connectivity index is 1.51. The summed E-state index contributed by atoms with van der Waals surface area (Å²) in [7, 11) is 0. The minimum atomic E-state index is 0.361. The molecular formula is C32H44O10. The van der Waals surface area contributed by atoms with E-state index in [1.54, 1.807) is 12.2 Å². The SMILES string of the molecule is C=CCOCc1ccc2c(c1)OCCOCCOCCOc1cc(COCC=C)ccc1OCCOCCOCCO2. The van der Waals surface area contributed by atoms with Crippen LogP contribution in [-0.2, 0) is 41.6 Å². The zero-order chi connectivity index (χ0) is 29.5. The fourth-order valence-corrected chi connectivity index (χ4v) is 3.75. The molecule has 0 aromatic heterocycles. The molecule has 10 heteroatoms. The van der Waals surface area contributed by atoms with Crippen molar-refractivity contribution in [3.05, 3.63) is 72.8 Å². The summed E-state index contributed by atoms with van der Waals surface area (Å²) in [5.41, 5.74) is 1.95. The zero-order valence-electron chi connectivity index (χ0n) is 24.4. The van der Waals surface area contributed by atoms with Crippen molar-refractivity contribution in [1.29, 1.82) is 0 Å². The minimum Gasteiger partial charge on any atom is -0.487 e. The van der Waals surface area contributed by atoms with Gasteiger partial charge >= 0.3 is 0 Å². The molecule has 0 aliphatic carbocycles. The Bertz CT molecular complexity index is 947. The number of benzene rings is 2. The summed E-state index contributed by atoms with van der Waals surface area (Å²) in [5, 5.41) is 0. The lowest BCUT2D eigenvalue weighted by molar-refractivity contribution is 0.0223. The van der Waals surface area contributed by atoms with E-state index in [0.717, 1.165) is 11.1 Å². The van der Waals surface area contributed by atoms with Crippen molar-refractivity contribution in [2.24, 2.45) is 0 Å². The van der Waals surface area contributed by atoms with Gasteiger partial charge < -0.3 is 47.4 Å². The Kier molecular flexibility index (Phi) is 17.1. The second kappa shape index (κ2) is 21.6. The summed E-state index contributed by atoms with van der Waals surface area (Å²) >= 11 is 0. The van der Waals surface area contributed by atoms with Gasteiger partial charge in [-0.2, -0.15) is 0 Å². The van der Waals surface area contributed by atoms with Crippen LogP contribution in [0.3, 0.4) is 0 Å². The molecule has 3 rings (SSSR count). The van der Waals surface area contributed by atoms with Gasteiger partial charge in [-0.3, -0.25) is 0 Å². The molecule has 42 heavy (non-hydrogen) atoms.